The van der Waals surface area contributed by atoms with Gasteiger partial charge in [0.15, 0.2) is 5.52 Å². The zero-order valence-corrected chi connectivity index (χ0v) is 17.4. The smallest absolute Gasteiger partial charge is 0.295 e. The number of anilines is 1. The molecule has 7 heteroatoms. The molecule has 152 valence electrons. The summed E-state index contributed by atoms with van der Waals surface area (Å²) in [6.45, 7) is 7.32. The number of nitrogens with zero attached hydrogens (tertiary/aromatic N) is 4. The lowest BCUT2D eigenvalue weighted by Gasteiger charge is -2.15. The van der Waals surface area contributed by atoms with Gasteiger partial charge in [0.05, 0.1) is 22.5 Å². The normalized spacial score (nSPS) is 12.1. The van der Waals surface area contributed by atoms with Crippen molar-refractivity contribution in [1.82, 2.24) is 19.6 Å². The SMILES string of the molecule is Cc1ccccc1NC(=O)[C@@H](C)n1nc(C)c2c(C)n(-c3ccccc3)nc2c1=O. The quantitative estimate of drug-likeness (QED) is 0.565. The predicted molar refractivity (Wildman–Crippen MR) is 117 cm³/mol. The lowest BCUT2D eigenvalue weighted by atomic mass is 10.2. The highest BCUT2D eigenvalue weighted by Gasteiger charge is 2.23. The van der Waals surface area contributed by atoms with Gasteiger partial charge in [-0.2, -0.15) is 10.2 Å². The number of carbonyl (C=O) groups is 1. The van der Waals surface area contributed by atoms with E-state index in [-0.39, 0.29) is 11.5 Å². The fourth-order valence-corrected chi connectivity index (χ4v) is 3.60. The number of benzene rings is 2. The molecule has 4 rings (SSSR count). The van der Waals surface area contributed by atoms with E-state index in [1.54, 1.807) is 11.6 Å². The van der Waals surface area contributed by atoms with Gasteiger partial charge < -0.3 is 5.32 Å². The van der Waals surface area contributed by atoms with E-state index in [1.165, 1.54) is 4.68 Å². The lowest BCUT2D eigenvalue weighted by Crippen LogP contribution is -2.34. The van der Waals surface area contributed by atoms with Gasteiger partial charge in [-0.1, -0.05) is 36.4 Å². The van der Waals surface area contributed by atoms with E-state index in [0.29, 0.717) is 22.3 Å². The van der Waals surface area contributed by atoms with Crippen LogP contribution in [0.4, 0.5) is 5.69 Å². The second kappa shape index (κ2) is 7.59. The lowest BCUT2D eigenvalue weighted by molar-refractivity contribution is -0.119. The monoisotopic (exact) mass is 401 g/mol. The molecule has 30 heavy (non-hydrogen) atoms. The van der Waals surface area contributed by atoms with Crippen molar-refractivity contribution in [2.24, 2.45) is 0 Å². The second-order valence-electron chi connectivity index (χ2n) is 7.37. The summed E-state index contributed by atoms with van der Waals surface area (Å²) in [4.78, 5) is 26.0. The highest BCUT2D eigenvalue weighted by molar-refractivity contribution is 5.94. The number of carbonyl (C=O) groups excluding carboxylic acids is 1. The summed E-state index contributed by atoms with van der Waals surface area (Å²) in [5.41, 5.74) is 3.93. The van der Waals surface area contributed by atoms with E-state index in [9.17, 15) is 9.59 Å². The summed E-state index contributed by atoms with van der Waals surface area (Å²) >= 11 is 0. The van der Waals surface area contributed by atoms with Crippen LogP contribution in [0.25, 0.3) is 16.6 Å². The van der Waals surface area contributed by atoms with Gasteiger partial charge in [-0.3, -0.25) is 9.59 Å². The average Bonchev–Trinajstić information content (AvgIpc) is 3.10. The molecule has 4 aromatic rings. The molecule has 0 aliphatic heterocycles. The summed E-state index contributed by atoms with van der Waals surface area (Å²) in [5.74, 6) is -0.308. The molecule has 0 unspecified atom stereocenters. The number of amides is 1. The third kappa shape index (κ3) is 3.28. The molecule has 0 bridgehead atoms. The number of nitrogens with one attached hydrogen (secondary N) is 1. The van der Waals surface area contributed by atoms with Gasteiger partial charge in [-0.05, 0) is 51.5 Å². The molecule has 1 amide bonds. The molecule has 0 aliphatic carbocycles. The van der Waals surface area contributed by atoms with Gasteiger partial charge in [0.2, 0.25) is 5.91 Å². The third-order valence-electron chi connectivity index (χ3n) is 5.30. The van der Waals surface area contributed by atoms with Crippen LogP contribution in [-0.2, 0) is 4.79 Å². The number of hydrogen-bond acceptors (Lipinski definition) is 4. The largest absolute Gasteiger partial charge is 0.324 e. The molecule has 0 spiro atoms. The van der Waals surface area contributed by atoms with Crippen molar-refractivity contribution >= 4 is 22.5 Å². The molecule has 0 fully saturated rings. The molecule has 2 aromatic heterocycles. The van der Waals surface area contributed by atoms with Crippen LogP contribution in [0.5, 0.6) is 0 Å². The highest BCUT2D eigenvalue weighted by Crippen LogP contribution is 2.22. The number of aryl methyl sites for hydroxylation is 3. The number of fused-ring (bicyclic) bond motifs is 1. The summed E-state index contributed by atoms with van der Waals surface area (Å²) in [6, 6.07) is 16.3. The molecule has 2 heterocycles. The first-order valence-electron chi connectivity index (χ1n) is 9.79. The first-order chi connectivity index (χ1) is 14.4. The molecule has 0 radical (unpaired) electrons. The van der Waals surface area contributed by atoms with Gasteiger partial charge in [0, 0.05) is 5.69 Å². The van der Waals surface area contributed by atoms with Crippen molar-refractivity contribution in [1.29, 1.82) is 0 Å². The van der Waals surface area contributed by atoms with Gasteiger partial charge in [0.25, 0.3) is 5.56 Å². The molecular formula is C23H23N5O2. The number of para-hydroxylation sites is 2. The van der Waals surface area contributed by atoms with Crippen LogP contribution in [0.1, 0.15) is 29.9 Å². The number of hydrogen-bond donors (Lipinski definition) is 1. The molecule has 0 saturated carbocycles. The van der Waals surface area contributed by atoms with Crippen molar-refractivity contribution < 1.29 is 4.79 Å². The number of rotatable bonds is 4. The Bertz CT molecular complexity index is 1300. The van der Waals surface area contributed by atoms with Gasteiger partial charge in [0.1, 0.15) is 6.04 Å². The highest BCUT2D eigenvalue weighted by atomic mass is 16.2. The van der Waals surface area contributed by atoms with Crippen molar-refractivity contribution in [3.8, 4) is 5.69 Å². The Balaban J connectivity index is 1.77. The van der Waals surface area contributed by atoms with E-state index in [0.717, 1.165) is 16.9 Å². The zero-order chi connectivity index (χ0) is 21.4. The van der Waals surface area contributed by atoms with Gasteiger partial charge in [-0.15, -0.1) is 0 Å². The third-order valence-corrected chi connectivity index (χ3v) is 5.30. The molecular weight excluding hydrogens is 378 g/mol. The van der Waals surface area contributed by atoms with E-state index in [2.05, 4.69) is 15.5 Å². The minimum absolute atomic E-state index is 0.305. The Hall–Kier alpha value is -3.74. The summed E-state index contributed by atoms with van der Waals surface area (Å²) < 4.78 is 2.95. The van der Waals surface area contributed by atoms with Crippen molar-refractivity contribution in [3.63, 3.8) is 0 Å². The molecule has 7 nitrogen and oxygen atoms in total. The Kier molecular flexibility index (Phi) is 4.95. The Labute approximate surface area is 174 Å². The van der Waals surface area contributed by atoms with Crippen LogP contribution in [0.2, 0.25) is 0 Å². The van der Waals surface area contributed by atoms with Crippen LogP contribution >= 0.6 is 0 Å². The fourth-order valence-electron chi connectivity index (χ4n) is 3.60. The standard InChI is InChI=1S/C23H23N5O2/c1-14-10-8-9-13-19(14)24-22(29)17(4)28-23(30)21-20(15(2)25-28)16(3)27(26-21)18-11-6-5-7-12-18/h5-13,17H,1-4H3,(H,24,29)/t17-/m1/s1. The summed E-state index contributed by atoms with van der Waals surface area (Å²) in [5, 5.41) is 12.6. The van der Waals surface area contributed by atoms with Crippen molar-refractivity contribution in [2.75, 3.05) is 5.32 Å². The van der Waals surface area contributed by atoms with Crippen LogP contribution in [0.15, 0.2) is 59.4 Å². The minimum atomic E-state index is -0.789. The van der Waals surface area contributed by atoms with Crippen LogP contribution in [0.3, 0.4) is 0 Å². The van der Waals surface area contributed by atoms with Gasteiger partial charge in [-0.25, -0.2) is 9.36 Å². The maximum atomic E-state index is 13.2. The first-order valence-corrected chi connectivity index (χ1v) is 9.79. The summed E-state index contributed by atoms with van der Waals surface area (Å²) in [6.07, 6.45) is 0. The van der Waals surface area contributed by atoms with Crippen LogP contribution in [0, 0.1) is 20.8 Å². The maximum Gasteiger partial charge on any atom is 0.295 e. The number of aromatic nitrogens is 4. The van der Waals surface area contributed by atoms with E-state index < -0.39 is 6.04 Å². The van der Waals surface area contributed by atoms with Crippen molar-refractivity contribution in [2.45, 2.75) is 33.7 Å². The predicted octanol–water partition coefficient (Wildman–Crippen LogP) is 3.71. The van der Waals surface area contributed by atoms with E-state index >= 15 is 0 Å². The zero-order valence-electron chi connectivity index (χ0n) is 17.4. The average molecular weight is 401 g/mol. The fraction of sp³-hybridized carbons (Fsp3) is 0.217. The molecule has 1 atom stereocenters. The van der Waals surface area contributed by atoms with Crippen molar-refractivity contribution in [3.05, 3.63) is 81.9 Å². The topological polar surface area (TPSA) is 81.8 Å². The summed E-state index contributed by atoms with van der Waals surface area (Å²) in [7, 11) is 0. The molecule has 2 aromatic carbocycles. The molecule has 0 saturated heterocycles. The van der Waals surface area contributed by atoms with Crippen LogP contribution < -0.4 is 10.9 Å². The Morgan fingerprint density at radius 1 is 0.967 bits per heavy atom. The van der Waals surface area contributed by atoms with Gasteiger partial charge >= 0.3 is 0 Å². The first kappa shape index (κ1) is 19.6. The molecule has 0 aliphatic rings. The van der Waals surface area contributed by atoms with E-state index in [1.807, 2.05) is 75.4 Å². The second-order valence-corrected chi connectivity index (χ2v) is 7.37. The van der Waals surface area contributed by atoms with E-state index in [4.69, 9.17) is 0 Å². The maximum absolute atomic E-state index is 13.2. The van der Waals surface area contributed by atoms with Crippen LogP contribution in [-0.4, -0.2) is 25.5 Å². The molecule has 1 N–H and O–H groups in total. The Morgan fingerprint density at radius 2 is 1.63 bits per heavy atom. The minimum Gasteiger partial charge on any atom is -0.324 e. The Morgan fingerprint density at radius 3 is 2.33 bits per heavy atom.